The van der Waals surface area contributed by atoms with Gasteiger partial charge in [0.25, 0.3) is 0 Å². The van der Waals surface area contributed by atoms with Crippen molar-refractivity contribution in [3.8, 4) is 0 Å². The van der Waals surface area contributed by atoms with Gasteiger partial charge in [0.2, 0.25) is 0 Å². The highest BCUT2D eigenvalue weighted by Crippen LogP contribution is 2.21. The van der Waals surface area contributed by atoms with Crippen molar-refractivity contribution in [3.63, 3.8) is 0 Å². The van der Waals surface area contributed by atoms with Crippen LogP contribution < -0.4 is 16.0 Å². The maximum absolute atomic E-state index is 11.3. The molecule has 1 saturated heterocycles. The van der Waals surface area contributed by atoms with E-state index < -0.39 is 0 Å². The third kappa shape index (κ3) is 1.71. The molecule has 0 aromatic carbocycles. The number of aromatic nitrogens is 1. The Bertz CT molecular complexity index is 338. The molecule has 0 unspecified atom stereocenters. The largest absolute Gasteiger partial charge is 0.336 e. The van der Waals surface area contributed by atoms with Crippen molar-refractivity contribution in [3.05, 3.63) is 11.1 Å². The molecule has 2 heterocycles. The highest BCUT2D eigenvalue weighted by atomic mass is 32.1. The van der Waals surface area contributed by atoms with Crippen LogP contribution in [0.1, 0.15) is 5.69 Å². The second kappa shape index (κ2) is 3.93. The Labute approximate surface area is 85.9 Å². The van der Waals surface area contributed by atoms with E-state index in [9.17, 15) is 4.79 Å². The van der Waals surface area contributed by atoms with E-state index in [2.05, 4.69) is 10.3 Å². The number of nitrogens with two attached hydrogens (primary N) is 1. The summed E-state index contributed by atoms with van der Waals surface area (Å²) in [7, 11) is 0. The van der Waals surface area contributed by atoms with E-state index in [1.54, 1.807) is 4.90 Å². The SMILES string of the molecule is NCCc1csc(N2CCNC2=O)n1. The predicted octanol–water partition coefficient (Wildman–Crippen LogP) is 0.174. The van der Waals surface area contributed by atoms with Crippen LogP contribution in [0, 0.1) is 0 Å². The zero-order chi connectivity index (χ0) is 9.97. The molecule has 0 aliphatic carbocycles. The normalized spacial score (nSPS) is 16.1. The van der Waals surface area contributed by atoms with E-state index in [1.807, 2.05) is 5.38 Å². The van der Waals surface area contributed by atoms with Crippen LogP contribution in [0.15, 0.2) is 5.38 Å². The quantitative estimate of drug-likeness (QED) is 0.750. The maximum Gasteiger partial charge on any atom is 0.323 e. The molecule has 1 aromatic heterocycles. The molecule has 1 aliphatic rings. The molecule has 76 valence electrons. The Kier molecular flexibility index (Phi) is 2.64. The smallest absolute Gasteiger partial charge is 0.323 e. The Hall–Kier alpha value is -1.14. The molecule has 2 amide bonds. The number of amides is 2. The molecule has 0 saturated carbocycles. The average Bonchev–Trinajstić information content (AvgIpc) is 2.74. The molecule has 0 radical (unpaired) electrons. The summed E-state index contributed by atoms with van der Waals surface area (Å²) in [5, 5.41) is 5.46. The van der Waals surface area contributed by atoms with Gasteiger partial charge in [-0.1, -0.05) is 0 Å². The number of nitrogens with zero attached hydrogens (tertiary/aromatic N) is 2. The van der Waals surface area contributed by atoms with E-state index in [4.69, 9.17) is 5.73 Å². The van der Waals surface area contributed by atoms with Crippen LogP contribution in [-0.2, 0) is 6.42 Å². The second-order valence-electron chi connectivity index (χ2n) is 3.04. The van der Waals surface area contributed by atoms with Gasteiger partial charge in [0.15, 0.2) is 5.13 Å². The van der Waals surface area contributed by atoms with Crippen molar-refractivity contribution in [1.82, 2.24) is 10.3 Å². The van der Waals surface area contributed by atoms with Gasteiger partial charge in [-0.2, -0.15) is 0 Å². The number of thiazole rings is 1. The molecule has 0 spiro atoms. The van der Waals surface area contributed by atoms with Gasteiger partial charge in [-0.15, -0.1) is 11.3 Å². The molecule has 0 atom stereocenters. The van der Waals surface area contributed by atoms with Gasteiger partial charge in [-0.05, 0) is 6.54 Å². The fraction of sp³-hybridized carbons (Fsp3) is 0.500. The zero-order valence-electron chi connectivity index (χ0n) is 7.69. The molecule has 1 fully saturated rings. The van der Waals surface area contributed by atoms with Gasteiger partial charge >= 0.3 is 6.03 Å². The van der Waals surface area contributed by atoms with Crippen molar-refractivity contribution in [1.29, 1.82) is 0 Å². The minimum Gasteiger partial charge on any atom is -0.336 e. The molecule has 5 nitrogen and oxygen atoms in total. The van der Waals surface area contributed by atoms with Crippen LogP contribution in [0.3, 0.4) is 0 Å². The standard InChI is InChI=1S/C8H12N4OS/c9-2-1-6-5-14-8(11-6)12-4-3-10-7(12)13/h5H,1-4,9H2,(H,10,13). The van der Waals surface area contributed by atoms with Gasteiger partial charge in [0.1, 0.15) is 0 Å². The molecular weight excluding hydrogens is 200 g/mol. The highest BCUT2D eigenvalue weighted by molar-refractivity contribution is 7.14. The van der Waals surface area contributed by atoms with Gasteiger partial charge in [-0.25, -0.2) is 9.78 Å². The van der Waals surface area contributed by atoms with Gasteiger partial charge in [0.05, 0.1) is 5.69 Å². The summed E-state index contributed by atoms with van der Waals surface area (Å²) in [5.74, 6) is 0. The van der Waals surface area contributed by atoms with Crippen LogP contribution in [-0.4, -0.2) is 30.6 Å². The Morgan fingerprint density at radius 2 is 2.57 bits per heavy atom. The first kappa shape index (κ1) is 9.42. The summed E-state index contributed by atoms with van der Waals surface area (Å²) in [6.45, 7) is 1.99. The molecular formula is C8H12N4OS. The van der Waals surface area contributed by atoms with Crippen LogP contribution in [0.5, 0.6) is 0 Å². The first-order valence-corrected chi connectivity index (χ1v) is 5.39. The number of carbonyl (C=O) groups is 1. The van der Waals surface area contributed by atoms with E-state index in [0.717, 1.165) is 17.2 Å². The van der Waals surface area contributed by atoms with Crippen molar-refractivity contribution < 1.29 is 4.79 Å². The van der Waals surface area contributed by atoms with E-state index >= 15 is 0 Å². The summed E-state index contributed by atoms with van der Waals surface area (Å²) in [6.07, 6.45) is 0.770. The second-order valence-corrected chi connectivity index (χ2v) is 3.88. The Balaban J connectivity index is 2.12. The minimum absolute atomic E-state index is 0.0568. The lowest BCUT2D eigenvalue weighted by Crippen LogP contribution is -2.27. The number of urea groups is 1. The molecule has 6 heteroatoms. The average molecular weight is 212 g/mol. The molecule has 14 heavy (non-hydrogen) atoms. The number of rotatable bonds is 3. The molecule has 1 aliphatic heterocycles. The van der Waals surface area contributed by atoms with Crippen LogP contribution in [0.25, 0.3) is 0 Å². The monoisotopic (exact) mass is 212 g/mol. The van der Waals surface area contributed by atoms with Crippen molar-refractivity contribution in [2.75, 3.05) is 24.5 Å². The van der Waals surface area contributed by atoms with Crippen molar-refractivity contribution >= 4 is 22.5 Å². The summed E-state index contributed by atoms with van der Waals surface area (Å²) in [6, 6.07) is -0.0568. The number of carbonyl (C=O) groups excluding carboxylic acids is 1. The van der Waals surface area contributed by atoms with E-state index in [1.165, 1.54) is 11.3 Å². The molecule has 0 bridgehead atoms. The third-order valence-corrected chi connectivity index (χ3v) is 2.94. The maximum atomic E-state index is 11.3. The fourth-order valence-corrected chi connectivity index (χ4v) is 2.22. The van der Waals surface area contributed by atoms with Gasteiger partial charge < -0.3 is 11.1 Å². The Morgan fingerprint density at radius 1 is 1.71 bits per heavy atom. The fourth-order valence-electron chi connectivity index (χ4n) is 1.34. The van der Waals surface area contributed by atoms with Crippen molar-refractivity contribution in [2.45, 2.75) is 6.42 Å². The summed E-state index contributed by atoms with van der Waals surface area (Å²) >= 11 is 1.49. The lowest BCUT2D eigenvalue weighted by Gasteiger charge is -2.08. The predicted molar refractivity (Wildman–Crippen MR) is 55.6 cm³/mol. The Morgan fingerprint density at radius 3 is 3.21 bits per heavy atom. The van der Waals surface area contributed by atoms with Gasteiger partial charge in [-0.3, -0.25) is 4.90 Å². The third-order valence-electron chi connectivity index (χ3n) is 2.03. The number of nitrogens with one attached hydrogen (secondary N) is 1. The lowest BCUT2D eigenvalue weighted by atomic mass is 10.3. The summed E-state index contributed by atoms with van der Waals surface area (Å²) in [5.41, 5.74) is 6.39. The van der Waals surface area contributed by atoms with E-state index in [0.29, 0.717) is 19.6 Å². The highest BCUT2D eigenvalue weighted by Gasteiger charge is 2.23. The molecule has 2 rings (SSSR count). The number of hydrogen-bond donors (Lipinski definition) is 2. The topological polar surface area (TPSA) is 71.2 Å². The van der Waals surface area contributed by atoms with Crippen LogP contribution >= 0.6 is 11.3 Å². The number of anilines is 1. The lowest BCUT2D eigenvalue weighted by molar-refractivity contribution is 0.252. The molecule has 1 aromatic rings. The summed E-state index contributed by atoms with van der Waals surface area (Å²) in [4.78, 5) is 17.3. The van der Waals surface area contributed by atoms with Gasteiger partial charge in [0, 0.05) is 24.9 Å². The number of hydrogen-bond acceptors (Lipinski definition) is 4. The molecule has 3 N–H and O–H groups in total. The first-order chi connectivity index (χ1) is 6.81. The van der Waals surface area contributed by atoms with Crippen LogP contribution in [0.2, 0.25) is 0 Å². The van der Waals surface area contributed by atoms with Crippen molar-refractivity contribution in [2.24, 2.45) is 5.73 Å². The first-order valence-electron chi connectivity index (χ1n) is 4.51. The summed E-state index contributed by atoms with van der Waals surface area (Å²) < 4.78 is 0. The van der Waals surface area contributed by atoms with Crippen LogP contribution in [0.4, 0.5) is 9.93 Å². The van der Waals surface area contributed by atoms with E-state index in [-0.39, 0.29) is 6.03 Å². The minimum atomic E-state index is -0.0568. The zero-order valence-corrected chi connectivity index (χ0v) is 8.51.